The van der Waals surface area contributed by atoms with Gasteiger partial charge in [-0.15, -0.1) is 10.2 Å². The number of amides is 2. The zero-order valence-electron chi connectivity index (χ0n) is 43.7. The average molecular weight is 1080 g/mol. The maximum Gasteiger partial charge on any atom is 0.252 e. The summed E-state index contributed by atoms with van der Waals surface area (Å²) in [5.74, 6) is -0.262. The minimum atomic E-state index is -1.33. The van der Waals surface area contributed by atoms with Crippen molar-refractivity contribution in [2.75, 3.05) is 128 Å². The number of nitrogens with one attached hydrogen (secondary N) is 2. The molecule has 5 heterocycles. The first kappa shape index (κ1) is 61.7. The molecular weight excluding hydrogens is 1010 g/mol. The second kappa shape index (κ2) is 33.9. The van der Waals surface area contributed by atoms with Crippen LogP contribution < -0.4 is 15.4 Å². The molecule has 0 radical (unpaired) electrons. The van der Waals surface area contributed by atoms with E-state index in [1.54, 1.807) is 41.4 Å². The normalized spacial score (nSPS) is 23.4. The summed E-state index contributed by atoms with van der Waals surface area (Å²) < 4.78 is 75.1. The summed E-state index contributed by atoms with van der Waals surface area (Å²) in [6.45, 7) is 6.04. The SMILES string of the molecule is CO[C@@H]1OC(C(=O)NCCOCCOCCOCCn2nncc2-c2cncn2C)[C@@H](OC)[C@H](O)[C@@H]1O.COc1ccccc1-c1cnnn1CCOCCOCCOCCNC(=O)C1O[C@@H](OC)[C@@H](O)[C@@H](O)[C@@H]1OC. The molecule has 4 aromatic rings. The number of aryl methyl sites for hydroxylation is 1. The van der Waals surface area contributed by atoms with Crippen LogP contribution in [0.25, 0.3) is 22.6 Å². The Balaban J connectivity index is 0.000000281. The topological polar surface area (TPSA) is 338 Å². The number of aliphatic hydroxyl groups excluding tert-OH is 4. The van der Waals surface area contributed by atoms with Crippen molar-refractivity contribution in [2.45, 2.75) is 74.5 Å². The maximum absolute atomic E-state index is 12.5. The third kappa shape index (κ3) is 18.2. The number of aromatic nitrogens is 8. The molecule has 6 N–H and O–H groups in total. The van der Waals surface area contributed by atoms with E-state index >= 15 is 0 Å². The fraction of sp³-hybridized carbons (Fsp3) is 0.681. The van der Waals surface area contributed by atoms with E-state index in [2.05, 4.69) is 36.2 Å². The van der Waals surface area contributed by atoms with Crippen molar-refractivity contribution in [3.63, 3.8) is 0 Å². The highest BCUT2D eigenvalue weighted by molar-refractivity contribution is 5.82. The molecule has 1 aromatic carbocycles. The molecule has 0 spiro atoms. The van der Waals surface area contributed by atoms with Crippen LogP contribution >= 0.6 is 0 Å². The molecule has 29 nitrogen and oxygen atoms in total. The van der Waals surface area contributed by atoms with Gasteiger partial charge in [-0.1, -0.05) is 22.6 Å². The molecular formula is C47H74N10O19. The van der Waals surface area contributed by atoms with Gasteiger partial charge >= 0.3 is 0 Å². The van der Waals surface area contributed by atoms with E-state index in [-0.39, 0.29) is 26.3 Å². The number of carbonyl (C=O) groups is 2. The Morgan fingerprint density at radius 2 is 0.987 bits per heavy atom. The molecule has 2 amide bonds. The lowest BCUT2D eigenvalue weighted by Crippen LogP contribution is -2.62. The lowest BCUT2D eigenvalue weighted by atomic mass is 9.98. The number of hydrogen-bond acceptors (Lipinski definition) is 24. The van der Waals surface area contributed by atoms with E-state index in [4.69, 9.17) is 61.6 Å². The van der Waals surface area contributed by atoms with Gasteiger partial charge in [-0.05, 0) is 12.1 Å². The van der Waals surface area contributed by atoms with Crippen LogP contribution in [0.1, 0.15) is 0 Å². The van der Waals surface area contributed by atoms with Crippen molar-refractivity contribution in [3.8, 4) is 28.4 Å². The van der Waals surface area contributed by atoms with Crippen LogP contribution in [0.15, 0.2) is 49.2 Å². The van der Waals surface area contributed by atoms with Gasteiger partial charge in [0.2, 0.25) is 0 Å². The third-order valence-corrected chi connectivity index (χ3v) is 11.8. The Morgan fingerprint density at radius 3 is 1.42 bits per heavy atom. The first-order valence-corrected chi connectivity index (χ1v) is 24.5. The van der Waals surface area contributed by atoms with Crippen LogP contribution in [-0.4, -0.2) is 261 Å². The number of hydrogen-bond donors (Lipinski definition) is 6. The second-order valence-electron chi connectivity index (χ2n) is 16.7. The Kier molecular flexibility index (Phi) is 27.5. The van der Waals surface area contributed by atoms with E-state index in [1.165, 1.54) is 28.4 Å². The van der Waals surface area contributed by atoms with E-state index in [0.717, 1.165) is 28.4 Å². The molecule has 2 unspecified atom stereocenters. The first-order chi connectivity index (χ1) is 37.0. The number of nitrogens with zero attached hydrogens (tertiary/aromatic N) is 8. The number of imidazole rings is 1. The molecule has 6 rings (SSSR count). The number of carbonyl (C=O) groups excluding carboxylic acids is 2. The maximum atomic E-state index is 12.5. The number of benzene rings is 1. The molecule has 2 aliphatic rings. The van der Waals surface area contributed by atoms with Gasteiger partial charge in [0.05, 0.1) is 136 Å². The second-order valence-corrected chi connectivity index (χ2v) is 16.7. The minimum absolute atomic E-state index is 0.216. The summed E-state index contributed by atoms with van der Waals surface area (Å²) >= 11 is 0. The molecule has 2 aliphatic heterocycles. The molecule has 426 valence electrons. The van der Waals surface area contributed by atoms with Gasteiger partial charge in [0.1, 0.15) is 48.1 Å². The van der Waals surface area contributed by atoms with Crippen LogP contribution in [0.2, 0.25) is 0 Å². The summed E-state index contributed by atoms with van der Waals surface area (Å²) in [7, 11) is 8.80. The Morgan fingerprint density at radius 1 is 0.553 bits per heavy atom. The zero-order chi connectivity index (χ0) is 54.7. The predicted octanol–water partition coefficient (Wildman–Crippen LogP) is -2.82. The third-order valence-electron chi connectivity index (χ3n) is 11.8. The highest BCUT2D eigenvalue weighted by Crippen LogP contribution is 2.29. The van der Waals surface area contributed by atoms with Crippen LogP contribution in [0.4, 0.5) is 0 Å². The fourth-order valence-electron chi connectivity index (χ4n) is 7.80. The minimum Gasteiger partial charge on any atom is -0.496 e. The fourth-order valence-corrected chi connectivity index (χ4v) is 7.80. The quantitative estimate of drug-likeness (QED) is 0.0262. The van der Waals surface area contributed by atoms with Crippen molar-refractivity contribution >= 4 is 11.8 Å². The largest absolute Gasteiger partial charge is 0.496 e. The van der Waals surface area contributed by atoms with E-state index in [0.29, 0.717) is 79.2 Å². The van der Waals surface area contributed by atoms with Gasteiger partial charge in [-0.25, -0.2) is 14.3 Å². The summed E-state index contributed by atoms with van der Waals surface area (Å²) in [6.07, 6.45) is -5.07. The van der Waals surface area contributed by atoms with Crippen molar-refractivity contribution in [1.29, 1.82) is 0 Å². The molecule has 76 heavy (non-hydrogen) atoms. The molecule has 10 atom stereocenters. The molecule has 0 saturated carbocycles. The Hall–Kier alpha value is -5.19. The molecule has 29 heteroatoms. The van der Waals surface area contributed by atoms with Crippen molar-refractivity contribution < 1.29 is 91.6 Å². The van der Waals surface area contributed by atoms with Gasteiger partial charge in [0, 0.05) is 54.1 Å². The predicted molar refractivity (Wildman–Crippen MR) is 262 cm³/mol. The van der Waals surface area contributed by atoms with Crippen molar-refractivity contribution in [2.24, 2.45) is 7.05 Å². The van der Waals surface area contributed by atoms with Crippen molar-refractivity contribution in [3.05, 3.63) is 49.2 Å². The monoisotopic (exact) mass is 1080 g/mol. The summed E-state index contributed by atoms with van der Waals surface area (Å²) in [4.78, 5) is 29.0. The molecule has 3 aromatic heterocycles. The number of ether oxygens (including phenoxy) is 13. The summed E-state index contributed by atoms with van der Waals surface area (Å²) in [6, 6.07) is 7.68. The number of aliphatic hydroxyl groups is 4. The van der Waals surface area contributed by atoms with Gasteiger partial charge in [-0.3, -0.25) is 9.59 Å². The molecule has 2 fully saturated rings. The van der Waals surface area contributed by atoms with Crippen LogP contribution in [0.3, 0.4) is 0 Å². The molecule has 2 saturated heterocycles. The lowest BCUT2D eigenvalue weighted by molar-refractivity contribution is -0.287. The molecule has 0 bridgehead atoms. The van der Waals surface area contributed by atoms with E-state index in [1.807, 2.05) is 35.9 Å². The van der Waals surface area contributed by atoms with Gasteiger partial charge in [0.25, 0.3) is 11.8 Å². The summed E-state index contributed by atoms with van der Waals surface area (Å²) in [5.41, 5.74) is 3.55. The average Bonchev–Trinajstić information content (AvgIpc) is 4.22. The lowest BCUT2D eigenvalue weighted by Gasteiger charge is -2.40. The Bertz CT molecular complexity index is 2240. The zero-order valence-corrected chi connectivity index (χ0v) is 43.7. The highest BCUT2D eigenvalue weighted by atomic mass is 16.7. The van der Waals surface area contributed by atoms with Gasteiger partial charge in [0.15, 0.2) is 24.8 Å². The summed E-state index contributed by atoms with van der Waals surface area (Å²) in [5, 5.41) is 61.7. The Labute approximate surface area is 439 Å². The van der Waals surface area contributed by atoms with Crippen LogP contribution in [0.5, 0.6) is 5.75 Å². The van der Waals surface area contributed by atoms with Gasteiger partial charge in [-0.2, -0.15) is 0 Å². The van der Waals surface area contributed by atoms with E-state index < -0.39 is 73.2 Å². The number of rotatable bonds is 33. The van der Waals surface area contributed by atoms with Crippen molar-refractivity contribution in [1.82, 2.24) is 50.2 Å². The number of para-hydroxylation sites is 1. The van der Waals surface area contributed by atoms with Crippen LogP contribution in [-0.2, 0) is 86.6 Å². The molecule has 0 aliphatic carbocycles. The number of methoxy groups -OCH3 is 5. The highest BCUT2D eigenvalue weighted by Gasteiger charge is 2.49. The standard InChI is InChI=1S/C25H38N4O10.C22H36N6O9/c1-33-19-7-5-4-6-17(19)18-16-27-28-29(18)9-11-37-13-15-38-14-12-36-10-8-26-24(32)23-22(34-2)20(30)21(31)25(35-3)39-23;1-27-14-23-12-15(27)16-13-25-26-28(16)5-7-35-9-11-36-10-8-34-6-4-24-21(31)20-19(32-2)17(29)18(30)22(33-3)37-20/h4-7,16,20-23,25,30-31H,8-15H2,1-3H3,(H,26,32);12-14,17-20,22,29-30H,4-11H2,1-3H3,(H,24,31)/t20-,21+,22+,23?,25-;17-,18+,19+,20?,22-/m11/s1. The van der Waals surface area contributed by atoms with Crippen LogP contribution in [0, 0.1) is 0 Å². The smallest absolute Gasteiger partial charge is 0.252 e. The van der Waals surface area contributed by atoms with Gasteiger partial charge < -0.3 is 97.2 Å². The van der Waals surface area contributed by atoms with E-state index in [9.17, 15) is 30.0 Å². The first-order valence-electron chi connectivity index (χ1n) is 24.5.